The van der Waals surface area contributed by atoms with Gasteiger partial charge in [-0.2, -0.15) is 0 Å². The summed E-state index contributed by atoms with van der Waals surface area (Å²) in [6.45, 7) is -5.31. The van der Waals surface area contributed by atoms with E-state index in [1.54, 1.807) is 37.3 Å². The van der Waals surface area contributed by atoms with Crippen molar-refractivity contribution < 1.29 is 20.1 Å². The zero-order valence-corrected chi connectivity index (χ0v) is 14.4. The van der Waals surface area contributed by atoms with E-state index in [1.807, 2.05) is 0 Å². The van der Waals surface area contributed by atoms with Gasteiger partial charge in [-0.15, -0.1) is 23.2 Å². The van der Waals surface area contributed by atoms with Gasteiger partial charge in [0.25, 0.3) is 0 Å². The average molecular weight is 373 g/mol. The number of hydrogen-bond acceptors (Lipinski definition) is 2. The molecule has 0 saturated carbocycles. The highest BCUT2D eigenvalue weighted by molar-refractivity contribution is 7.54. The number of hydrogen-bond donors (Lipinski definition) is 0. The Bertz CT molecular complexity index is 765. The SMILES string of the molecule is [2H]C([2H])(Cl)C([2H])([2H])N(C([2H])([2H])C([2H])([2H])Cl)P1(=O)OCCCN1C(C)c1ccccc1. The van der Waals surface area contributed by atoms with Gasteiger partial charge in [0, 0.05) is 48.2 Å². The summed E-state index contributed by atoms with van der Waals surface area (Å²) in [7, 11) is -4.72. The quantitative estimate of drug-likeness (QED) is 0.525. The highest BCUT2D eigenvalue weighted by Crippen LogP contribution is 2.59. The lowest BCUT2D eigenvalue weighted by Gasteiger charge is -2.43. The van der Waals surface area contributed by atoms with Gasteiger partial charge in [0.05, 0.1) is 6.61 Å². The molecule has 1 aliphatic rings. The minimum Gasteiger partial charge on any atom is -0.306 e. The van der Waals surface area contributed by atoms with Crippen molar-refractivity contribution in [1.82, 2.24) is 9.34 Å². The minimum absolute atomic E-state index is 0.0917. The molecule has 2 rings (SSSR count). The van der Waals surface area contributed by atoms with Gasteiger partial charge in [-0.3, -0.25) is 4.57 Å². The van der Waals surface area contributed by atoms with Crippen LogP contribution in [0, 0.1) is 0 Å². The molecule has 124 valence electrons. The summed E-state index contributed by atoms with van der Waals surface area (Å²) in [4.78, 5) is 0. The van der Waals surface area contributed by atoms with E-state index >= 15 is 0 Å². The predicted octanol–water partition coefficient (Wildman–Crippen LogP) is 4.36. The van der Waals surface area contributed by atoms with Gasteiger partial charge in [0.1, 0.15) is 0 Å². The second kappa shape index (κ2) is 8.68. The fraction of sp³-hybridized carbons (Fsp3) is 0.600. The lowest BCUT2D eigenvalue weighted by molar-refractivity contribution is 0.148. The van der Waals surface area contributed by atoms with Crippen LogP contribution < -0.4 is 0 Å². The Morgan fingerprint density at radius 2 is 2.00 bits per heavy atom. The molecule has 7 heteroatoms. The Labute approximate surface area is 154 Å². The second-order valence-electron chi connectivity index (χ2n) is 4.65. The number of halogens is 2. The first-order valence-electron chi connectivity index (χ1n) is 10.7. The van der Waals surface area contributed by atoms with Crippen LogP contribution in [0.5, 0.6) is 0 Å². The Kier molecular flexibility index (Phi) is 3.95. The molecule has 22 heavy (non-hydrogen) atoms. The third-order valence-electron chi connectivity index (χ3n) is 3.39. The zero-order chi connectivity index (χ0) is 23.2. The van der Waals surface area contributed by atoms with E-state index < -0.39 is 38.4 Å². The van der Waals surface area contributed by atoms with Crippen LogP contribution in [-0.4, -0.2) is 47.2 Å². The van der Waals surface area contributed by atoms with Gasteiger partial charge in [-0.05, 0) is 18.9 Å². The van der Waals surface area contributed by atoms with Crippen molar-refractivity contribution >= 4 is 30.9 Å². The van der Waals surface area contributed by atoms with Crippen molar-refractivity contribution in [1.29, 1.82) is 0 Å². The molecule has 0 amide bonds. The Morgan fingerprint density at radius 3 is 2.59 bits per heavy atom. The van der Waals surface area contributed by atoms with E-state index in [0.29, 0.717) is 12.0 Å². The summed E-state index contributed by atoms with van der Waals surface area (Å²) in [6.07, 6.45) is 0.391. The van der Waals surface area contributed by atoms with Crippen LogP contribution in [0.1, 0.15) is 35.9 Å². The van der Waals surface area contributed by atoms with Crippen LogP contribution >= 0.6 is 30.9 Å². The molecule has 4 nitrogen and oxygen atoms in total. The monoisotopic (exact) mass is 372 g/mol. The van der Waals surface area contributed by atoms with Gasteiger partial charge in [0.2, 0.25) is 0 Å². The Morgan fingerprint density at radius 1 is 1.36 bits per heavy atom. The molecular weight excluding hydrogens is 342 g/mol. The molecule has 1 heterocycles. The van der Waals surface area contributed by atoms with Gasteiger partial charge in [0.15, 0.2) is 0 Å². The fourth-order valence-electron chi connectivity index (χ4n) is 2.33. The summed E-state index contributed by atoms with van der Waals surface area (Å²) in [5.74, 6) is -6.52. The second-order valence-corrected chi connectivity index (χ2v) is 7.18. The maximum Gasteiger partial charge on any atom is 0.346 e. The molecule has 0 aromatic heterocycles. The third kappa shape index (κ3) is 4.05. The van der Waals surface area contributed by atoms with E-state index in [-0.39, 0.29) is 17.8 Å². The smallest absolute Gasteiger partial charge is 0.306 e. The van der Waals surface area contributed by atoms with Crippen LogP contribution in [0.3, 0.4) is 0 Å². The minimum atomic E-state index is -4.72. The molecule has 0 bridgehead atoms. The number of nitrogens with zero attached hydrogens (tertiary/aromatic N) is 2. The Balaban J connectivity index is 2.71. The number of benzene rings is 1. The molecule has 0 radical (unpaired) electrons. The topological polar surface area (TPSA) is 32.8 Å². The molecule has 0 N–H and O–H groups in total. The standard InChI is InChI=1S/C15H23Cl2N2O2P/c1-14(15-6-3-2-4-7-15)19-10-5-13-21-22(19,20)18(11-8-16)12-9-17/h2-4,6-7,14H,5,8-13H2,1H3/i8D2,9D2,11D2,12D2. The molecule has 0 spiro atoms. The molecule has 1 fully saturated rings. The van der Waals surface area contributed by atoms with Crippen LogP contribution in [-0.2, 0) is 9.09 Å². The van der Waals surface area contributed by atoms with Crippen molar-refractivity contribution in [2.24, 2.45) is 0 Å². The van der Waals surface area contributed by atoms with Crippen molar-refractivity contribution in [2.45, 2.75) is 19.4 Å². The molecule has 1 saturated heterocycles. The first kappa shape index (κ1) is 10.0. The van der Waals surface area contributed by atoms with E-state index in [0.717, 1.165) is 0 Å². The summed E-state index contributed by atoms with van der Waals surface area (Å²) in [5, 5.41) is 0. The van der Waals surface area contributed by atoms with Gasteiger partial charge >= 0.3 is 7.67 Å². The highest BCUT2D eigenvalue weighted by atomic mass is 35.5. The van der Waals surface area contributed by atoms with E-state index in [4.69, 9.17) is 38.7 Å². The average Bonchev–Trinajstić information content (AvgIpc) is 2.59. The van der Waals surface area contributed by atoms with Crippen molar-refractivity contribution in [3.8, 4) is 0 Å². The lowest BCUT2D eigenvalue weighted by atomic mass is 10.1. The first-order valence-corrected chi connectivity index (χ1v) is 9.02. The summed E-state index contributed by atoms with van der Waals surface area (Å²) < 4.78 is 84.3. The number of rotatable bonds is 7. The van der Waals surface area contributed by atoms with Crippen molar-refractivity contribution in [3.63, 3.8) is 0 Å². The van der Waals surface area contributed by atoms with Gasteiger partial charge < -0.3 is 4.52 Å². The first-order chi connectivity index (χ1) is 13.5. The molecule has 2 unspecified atom stereocenters. The molecule has 1 aliphatic heterocycles. The molecule has 1 aromatic carbocycles. The van der Waals surface area contributed by atoms with E-state index in [2.05, 4.69) is 0 Å². The van der Waals surface area contributed by atoms with E-state index in [9.17, 15) is 4.57 Å². The third-order valence-corrected chi connectivity index (χ3v) is 5.98. The van der Waals surface area contributed by atoms with Gasteiger partial charge in [-0.25, -0.2) is 9.34 Å². The largest absolute Gasteiger partial charge is 0.346 e. The molecule has 0 aliphatic carbocycles. The maximum absolute atomic E-state index is 14.2. The normalized spacial score (nSPS) is 32.5. The molecule has 1 aromatic rings. The highest BCUT2D eigenvalue weighted by Gasteiger charge is 2.43. The maximum atomic E-state index is 14.2. The summed E-state index contributed by atoms with van der Waals surface area (Å²) in [5.41, 5.74) is 0.673. The van der Waals surface area contributed by atoms with Crippen molar-refractivity contribution in [3.05, 3.63) is 35.9 Å². The predicted molar refractivity (Wildman–Crippen MR) is 92.8 cm³/mol. The lowest BCUT2D eigenvalue weighted by Crippen LogP contribution is -2.40. The summed E-state index contributed by atoms with van der Waals surface area (Å²) in [6, 6.07) is 8.07. The van der Waals surface area contributed by atoms with Crippen molar-refractivity contribution in [2.75, 3.05) is 37.8 Å². The zero-order valence-electron chi connectivity index (χ0n) is 20.0. The molecular formula is C15H23Cl2N2O2P. The van der Waals surface area contributed by atoms with E-state index in [1.165, 1.54) is 4.67 Å². The Hall–Kier alpha value is -0.0900. The summed E-state index contributed by atoms with van der Waals surface area (Å²) >= 11 is 11.2. The van der Waals surface area contributed by atoms with Crippen LogP contribution in [0.25, 0.3) is 0 Å². The molecule has 2 atom stereocenters. The van der Waals surface area contributed by atoms with Crippen LogP contribution in [0.4, 0.5) is 0 Å². The fourth-order valence-corrected chi connectivity index (χ4v) is 4.80. The van der Waals surface area contributed by atoms with Gasteiger partial charge in [-0.1, -0.05) is 30.3 Å². The van der Waals surface area contributed by atoms with Crippen LogP contribution in [0.2, 0.25) is 0 Å². The van der Waals surface area contributed by atoms with Crippen LogP contribution in [0.15, 0.2) is 30.3 Å². The number of alkyl halides is 2.